The Bertz CT molecular complexity index is 356. The quantitative estimate of drug-likeness (QED) is 0.739. The lowest BCUT2D eigenvalue weighted by Gasteiger charge is -1.99. The second-order valence-electron chi connectivity index (χ2n) is 2.68. The predicted molar refractivity (Wildman–Crippen MR) is 52.7 cm³/mol. The van der Waals surface area contributed by atoms with E-state index in [1.807, 2.05) is 6.07 Å². The first kappa shape index (κ1) is 9.81. The third-order valence-electron chi connectivity index (χ3n) is 1.62. The van der Waals surface area contributed by atoms with Crippen LogP contribution in [-0.4, -0.2) is 11.1 Å². The van der Waals surface area contributed by atoms with Crippen LogP contribution in [0.15, 0.2) is 30.3 Å². The highest BCUT2D eigenvalue weighted by Gasteiger charge is 1.98. The lowest BCUT2D eigenvalue weighted by molar-refractivity contribution is -0.131. The number of carboxylic acids is 1. The molecule has 2 nitrogen and oxygen atoms in total. The molecule has 0 aromatic heterocycles. The molecule has 0 atom stereocenters. The van der Waals surface area contributed by atoms with E-state index in [1.54, 1.807) is 25.1 Å². The minimum atomic E-state index is -0.947. The highest BCUT2D eigenvalue weighted by Crippen LogP contribution is 2.17. The van der Waals surface area contributed by atoms with Gasteiger partial charge in [0.05, 0.1) is 0 Å². The molecule has 0 aliphatic carbocycles. The maximum Gasteiger partial charge on any atom is 0.328 e. The van der Waals surface area contributed by atoms with Gasteiger partial charge >= 0.3 is 5.97 Å². The van der Waals surface area contributed by atoms with Crippen molar-refractivity contribution in [2.24, 2.45) is 0 Å². The molecule has 0 saturated heterocycles. The van der Waals surface area contributed by atoms with E-state index in [-0.39, 0.29) is 0 Å². The van der Waals surface area contributed by atoms with Gasteiger partial charge in [0.15, 0.2) is 0 Å². The van der Waals surface area contributed by atoms with Crippen LogP contribution in [0.2, 0.25) is 5.02 Å². The van der Waals surface area contributed by atoms with E-state index in [2.05, 4.69) is 0 Å². The number of hydrogen-bond donors (Lipinski definition) is 1. The van der Waals surface area contributed by atoms with Gasteiger partial charge in [-0.3, -0.25) is 0 Å². The molecule has 1 aromatic carbocycles. The first-order valence-electron chi connectivity index (χ1n) is 3.77. The molecule has 0 heterocycles. The second kappa shape index (κ2) is 4.10. The molecular weight excluding hydrogens is 188 g/mol. The Kier molecular flexibility index (Phi) is 3.09. The van der Waals surface area contributed by atoms with Gasteiger partial charge in [0.25, 0.3) is 0 Å². The number of carbonyl (C=O) groups is 1. The lowest BCUT2D eigenvalue weighted by Crippen LogP contribution is -1.89. The molecule has 1 rings (SSSR count). The van der Waals surface area contributed by atoms with Gasteiger partial charge in [0.2, 0.25) is 0 Å². The molecule has 0 aliphatic heterocycles. The molecular formula is C10H9ClO2. The number of hydrogen-bond acceptors (Lipinski definition) is 1. The van der Waals surface area contributed by atoms with Crippen molar-refractivity contribution in [3.63, 3.8) is 0 Å². The number of rotatable bonds is 2. The Morgan fingerprint density at radius 2 is 2.23 bits per heavy atom. The number of aliphatic carboxylic acids is 1. The van der Waals surface area contributed by atoms with Gasteiger partial charge in [-0.25, -0.2) is 4.79 Å². The lowest BCUT2D eigenvalue weighted by atomic mass is 10.1. The van der Waals surface area contributed by atoms with E-state index >= 15 is 0 Å². The molecule has 68 valence electrons. The standard InChI is InChI=1S/C10H9ClO2/c1-7(5-10(12)13)8-3-2-4-9(11)6-8/h2-6H,1H3,(H,12,13)/b7-5-. The summed E-state index contributed by atoms with van der Waals surface area (Å²) >= 11 is 5.75. The zero-order chi connectivity index (χ0) is 9.84. The normalized spacial score (nSPS) is 11.4. The van der Waals surface area contributed by atoms with Crippen LogP contribution < -0.4 is 0 Å². The highest BCUT2D eigenvalue weighted by molar-refractivity contribution is 6.30. The van der Waals surface area contributed by atoms with Gasteiger partial charge < -0.3 is 5.11 Å². The minimum absolute atomic E-state index is 0.607. The number of allylic oxidation sites excluding steroid dienone is 1. The van der Waals surface area contributed by atoms with Crippen LogP contribution in [0, 0.1) is 0 Å². The van der Waals surface area contributed by atoms with Gasteiger partial charge in [-0.15, -0.1) is 0 Å². The second-order valence-corrected chi connectivity index (χ2v) is 3.11. The third-order valence-corrected chi connectivity index (χ3v) is 1.86. The third kappa shape index (κ3) is 2.92. The summed E-state index contributed by atoms with van der Waals surface area (Å²) in [5, 5.41) is 9.11. The van der Waals surface area contributed by atoms with Gasteiger partial charge in [-0.1, -0.05) is 23.7 Å². The zero-order valence-corrected chi connectivity index (χ0v) is 7.88. The maximum atomic E-state index is 10.4. The van der Waals surface area contributed by atoms with Crippen molar-refractivity contribution in [2.45, 2.75) is 6.92 Å². The highest BCUT2D eigenvalue weighted by atomic mass is 35.5. The Balaban J connectivity index is 3.02. The molecule has 0 aliphatic rings. The van der Waals surface area contributed by atoms with E-state index in [1.165, 1.54) is 0 Å². The molecule has 3 heteroatoms. The molecule has 0 bridgehead atoms. The van der Waals surface area contributed by atoms with Crippen molar-refractivity contribution in [3.8, 4) is 0 Å². The Morgan fingerprint density at radius 1 is 1.54 bits per heavy atom. The van der Waals surface area contributed by atoms with Gasteiger partial charge in [0, 0.05) is 11.1 Å². The van der Waals surface area contributed by atoms with Crippen molar-refractivity contribution in [1.82, 2.24) is 0 Å². The minimum Gasteiger partial charge on any atom is -0.478 e. The molecule has 0 unspecified atom stereocenters. The molecule has 0 saturated carbocycles. The SMILES string of the molecule is C/C(=C/C(=O)O)c1cccc(Cl)c1. The van der Waals surface area contributed by atoms with Crippen LogP contribution in [0.4, 0.5) is 0 Å². The monoisotopic (exact) mass is 196 g/mol. The fourth-order valence-corrected chi connectivity index (χ4v) is 1.19. The first-order valence-corrected chi connectivity index (χ1v) is 4.14. The number of benzene rings is 1. The smallest absolute Gasteiger partial charge is 0.328 e. The molecule has 13 heavy (non-hydrogen) atoms. The molecule has 0 fully saturated rings. The summed E-state index contributed by atoms with van der Waals surface area (Å²) in [7, 11) is 0. The zero-order valence-electron chi connectivity index (χ0n) is 7.12. The van der Waals surface area contributed by atoms with Crippen molar-refractivity contribution in [1.29, 1.82) is 0 Å². The van der Waals surface area contributed by atoms with Crippen LogP contribution in [0.3, 0.4) is 0 Å². The maximum absolute atomic E-state index is 10.4. The molecule has 1 N–H and O–H groups in total. The van der Waals surface area contributed by atoms with Crippen molar-refractivity contribution in [3.05, 3.63) is 40.9 Å². The summed E-state index contributed by atoms with van der Waals surface area (Å²) < 4.78 is 0. The van der Waals surface area contributed by atoms with Crippen LogP contribution >= 0.6 is 11.6 Å². The summed E-state index contributed by atoms with van der Waals surface area (Å²) in [5.74, 6) is -0.947. The van der Waals surface area contributed by atoms with Crippen molar-refractivity contribution in [2.75, 3.05) is 0 Å². The van der Waals surface area contributed by atoms with Crippen LogP contribution in [0.1, 0.15) is 12.5 Å². The van der Waals surface area contributed by atoms with Crippen LogP contribution in [0.25, 0.3) is 5.57 Å². The summed E-state index contributed by atoms with van der Waals surface area (Å²) in [5.41, 5.74) is 1.52. The van der Waals surface area contributed by atoms with E-state index in [9.17, 15) is 4.79 Å². The molecule has 0 radical (unpaired) electrons. The summed E-state index contributed by atoms with van der Waals surface area (Å²) in [6.45, 7) is 1.74. The van der Waals surface area contributed by atoms with E-state index in [4.69, 9.17) is 16.7 Å². The number of carboxylic acid groups (broad SMARTS) is 1. The van der Waals surface area contributed by atoms with Gasteiger partial charge in [0.1, 0.15) is 0 Å². The van der Waals surface area contributed by atoms with Gasteiger partial charge in [-0.05, 0) is 30.2 Å². The first-order chi connectivity index (χ1) is 6.09. The predicted octanol–water partition coefficient (Wildman–Crippen LogP) is 2.83. The molecule has 0 spiro atoms. The Labute approximate surface area is 81.5 Å². The largest absolute Gasteiger partial charge is 0.478 e. The van der Waals surface area contributed by atoms with Crippen molar-refractivity contribution < 1.29 is 9.90 Å². The van der Waals surface area contributed by atoms with Gasteiger partial charge in [-0.2, -0.15) is 0 Å². The summed E-state index contributed by atoms with van der Waals surface area (Å²) in [6.07, 6.45) is 1.16. The molecule has 1 aromatic rings. The fraction of sp³-hybridized carbons (Fsp3) is 0.100. The molecule has 0 amide bonds. The van der Waals surface area contributed by atoms with E-state index in [0.29, 0.717) is 10.6 Å². The summed E-state index contributed by atoms with van der Waals surface area (Å²) in [6, 6.07) is 7.09. The fourth-order valence-electron chi connectivity index (χ4n) is 1.00. The summed E-state index contributed by atoms with van der Waals surface area (Å²) in [4.78, 5) is 10.4. The number of halogens is 1. The van der Waals surface area contributed by atoms with Crippen LogP contribution in [-0.2, 0) is 4.79 Å². The Hall–Kier alpha value is -1.28. The topological polar surface area (TPSA) is 37.3 Å². The average Bonchev–Trinajstić information content (AvgIpc) is 2.03. The van der Waals surface area contributed by atoms with E-state index < -0.39 is 5.97 Å². The Morgan fingerprint density at radius 3 is 2.77 bits per heavy atom. The van der Waals surface area contributed by atoms with Crippen molar-refractivity contribution >= 4 is 23.1 Å². The van der Waals surface area contributed by atoms with Crippen LogP contribution in [0.5, 0.6) is 0 Å². The average molecular weight is 197 g/mol. The van der Waals surface area contributed by atoms with E-state index in [0.717, 1.165) is 11.6 Å².